The van der Waals surface area contributed by atoms with Gasteiger partial charge in [0.05, 0.1) is 15.7 Å². The van der Waals surface area contributed by atoms with Gasteiger partial charge in [0.25, 0.3) is 5.91 Å². The maximum atomic E-state index is 12.6. The van der Waals surface area contributed by atoms with Gasteiger partial charge in [0.15, 0.2) is 5.13 Å². The van der Waals surface area contributed by atoms with Crippen LogP contribution in [-0.2, 0) is 0 Å². The molecular formula is C21H24Cl2N4O3S. The van der Waals surface area contributed by atoms with Crippen molar-refractivity contribution in [3.63, 3.8) is 0 Å². The highest BCUT2D eigenvalue weighted by molar-refractivity contribution is 7.17. The number of aromatic carboxylic acids is 1. The minimum absolute atomic E-state index is 0.0962. The summed E-state index contributed by atoms with van der Waals surface area (Å²) in [5.74, 6) is -0.187. The van der Waals surface area contributed by atoms with Gasteiger partial charge in [0, 0.05) is 42.6 Å². The summed E-state index contributed by atoms with van der Waals surface area (Å²) in [6.45, 7) is 3.31. The highest BCUT2D eigenvalue weighted by Crippen LogP contribution is 2.48. The topological polar surface area (TPSA) is 98.3 Å². The number of carbonyl (C=O) groups is 2. The van der Waals surface area contributed by atoms with Gasteiger partial charge in [0.2, 0.25) is 0 Å². The second-order valence-corrected chi connectivity index (χ2v) is 10.6. The van der Waals surface area contributed by atoms with Crippen molar-refractivity contribution in [3.05, 3.63) is 32.0 Å². The molecule has 3 atom stereocenters. The Morgan fingerprint density at radius 3 is 2.42 bits per heavy atom. The van der Waals surface area contributed by atoms with E-state index in [0.29, 0.717) is 33.1 Å². The summed E-state index contributed by atoms with van der Waals surface area (Å²) in [6, 6.07) is 0.0962. The molecule has 2 aromatic heterocycles. The molecule has 31 heavy (non-hydrogen) atoms. The van der Waals surface area contributed by atoms with Crippen LogP contribution in [0.1, 0.15) is 69.6 Å². The van der Waals surface area contributed by atoms with E-state index < -0.39 is 5.97 Å². The number of rotatable bonds is 5. The smallest absolute Gasteiger partial charge is 0.347 e. The number of thiazole rings is 1. The van der Waals surface area contributed by atoms with Gasteiger partial charge >= 0.3 is 5.97 Å². The molecular weight excluding hydrogens is 459 g/mol. The highest BCUT2D eigenvalue weighted by Gasteiger charge is 2.57. The molecule has 10 heteroatoms. The number of aryl methyl sites for hydroxylation is 1. The zero-order valence-corrected chi connectivity index (χ0v) is 19.4. The van der Waals surface area contributed by atoms with Gasteiger partial charge in [0.1, 0.15) is 10.6 Å². The van der Waals surface area contributed by atoms with Gasteiger partial charge in [-0.1, -0.05) is 53.8 Å². The Balaban J connectivity index is 1.24. The van der Waals surface area contributed by atoms with Crippen molar-refractivity contribution in [1.29, 1.82) is 0 Å². The van der Waals surface area contributed by atoms with Gasteiger partial charge in [-0.2, -0.15) is 0 Å². The molecule has 0 spiro atoms. The lowest BCUT2D eigenvalue weighted by atomic mass is 9.86. The van der Waals surface area contributed by atoms with Crippen LogP contribution in [0.25, 0.3) is 0 Å². The van der Waals surface area contributed by atoms with E-state index in [9.17, 15) is 14.7 Å². The predicted molar refractivity (Wildman–Crippen MR) is 121 cm³/mol. The normalized spacial score (nSPS) is 25.5. The molecule has 166 valence electrons. The molecule has 0 radical (unpaired) electrons. The number of carboxylic acids is 1. The predicted octanol–water partition coefficient (Wildman–Crippen LogP) is 4.70. The van der Waals surface area contributed by atoms with Crippen molar-refractivity contribution >= 4 is 51.5 Å². The summed E-state index contributed by atoms with van der Waals surface area (Å²) < 4.78 is 0. The number of anilines is 1. The first kappa shape index (κ1) is 21.1. The number of carboxylic acid groups (broad SMARTS) is 1. The monoisotopic (exact) mass is 482 g/mol. The Morgan fingerprint density at radius 1 is 1.16 bits per heavy atom. The third-order valence-corrected chi connectivity index (χ3v) is 8.94. The number of nitrogens with one attached hydrogen (secondary N) is 2. The SMILES string of the molecule is Cc1[nH]c(C(=O)N[C@H]2[C@@H]3CN(c4nc(C5CCCCC5)c(C(=O)O)s4)C[C@@H]32)c(Cl)c1Cl. The number of fused-ring (bicyclic) bond motifs is 1. The Kier molecular flexibility index (Phi) is 5.43. The largest absolute Gasteiger partial charge is 0.477 e. The molecule has 0 bridgehead atoms. The first-order valence-corrected chi connectivity index (χ1v) is 12.3. The lowest BCUT2D eigenvalue weighted by Gasteiger charge is -2.21. The number of hydrogen-bond donors (Lipinski definition) is 3. The number of halogens is 2. The van der Waals surface area contributed by atoms with Crippen LogP contribution in [0.15, 0.2) is 0 Å². The number of nitrogens with zero attached hydrogens (tertiary/aromatic N) is 2. The minimum Gasteiger partial charge on any atom is -0.477 e. The van der Waals surface area contributed by atoms with Crippen LogP contribution in [0, 0.1) is 18.8 Å². The molecule has 3 N–H and O–H groups in total. The van der Waals surface area contributed by atoms with E-state index in [1.165, 1.54) is 17.8 Å². The first-order valence-electron chi connectivity index (χ1n) is 10.7. The zero-order valence-electron chi connectivity index (χ0n) is 17.1. The third kappa shape index (κ3) is 3.72. The van der Waals surface area contributed by atoms with Crippen LogP contribution >= 0.6 is 34.5 Å². The fourth-order valence-electron chi connectivity index (χ4n) is 5.11. The van der Waals surface area contributed by atoms with Crippen molar-refractivity contribution in [2.75, 3.05) is 18.0 Å². The summed E-state index contributed by atoms with van der Waals surface area (Å²) in [6.07, 6.45) is 5.54. The fourth-order valence-corrected chi connectivity index (χ4v) is 6.54. The molecule has 1 aliphatic heterocycles. The number of amides is 1. The quantitative estimate of drug-likeness (QED) is 0.573. The van der Waals surface area contributed by atoms with E-state index in [4.69, 9.17) is 28.2 Å². The van der Waals surface area contributed by atoms with E-state index in [-0.39, 0.29) is 22.9 Å². The van der Waals surface area contributed by atoms with Crippen molar-refractivity contribution in [2.24, 2.45) is 11.8 Å². The van der Waals surface area contributed by atoms with E-state index in [1.807, 2.05) is 0 Å². The third-order valence-electron chi connectivity index (χ3n) is 6.87. The molecule has 3 heterocycles. The summed E-state index contributed by atoms with van der Waals surface area (Å²) in [7, 11) is 0. The van der Waals surface area contributed by atoms with Crippen molar-refractivity contribution in [2.45, 2.75) is 51.0 Å². The van der Waals surface area contributed by atoms with Crippen LogP contribution < -0.4 is 10.2 Å². The average Bonchev–Trinajstić information content (AvgIpc) is 3.16. The second-order valence-electron chi connectivity index (χ2n) is 8.84. The van der Waals surface area contributed by atoms with E-state index in [0.717, 1.165) is 49.6 Å². The van der Waals surface area contributed by atoms with Crippen LogP contribution in [0.2, 0.25) is 10.0 Å². The molecule has 1 amide bonds. The minimum atomic E-state index is -0.879. The van der Waals surface area contributed by atoms with Gasteiger partial charge in [-0.15, -0.1) is 0 Å². The second kappa shape index (κ2) is 7.98. The molecule has 7 nitrogen and oxygen atoms in total. The maximum Gasteiger partial charge on any atom is 0.347 e. The number of aromatic amines is 1. The highest BCUT2D eigenvalue weighted by atomic mass is 35.5. The van der Waals surface area contributed by atoms with Crippen LogP contribution in [0.3, 0.4) is 0 Å². The number of aromatic nitrogens is 2. The molecule has 2 saturated carbocycles. The van der Waals surface area contributed by atoms with Crippen LogP contribution in [0.5, 0.6) is 0 Å². The summed E-state index contributed by atoms with van der Waals surface area (Å²) >= 11 is 13.5. The zero-order chi connectivity index (χ0) is 21.9. The maximum absolute atomic E-state index is 12.6. The van der Waals surface area contributed by atoms with Gasteiger partial charge < -0.3 is 20.3 Å². The van der Waals surface area contributed by atoms with Crippen molar-refractivity contribution < 1.29 is 14.7 Å². The summed E-state index contributed by atoms with van der Waals surface area (Å²) in [5.41, 5.74) is 1.74. The fraction of sp³-hybridized carbons (Fsp3) is 0.571. The van der Waals surface area contributed by atoms with Gasteiger partial charge in [-0.3, -0.25) is 4.79 Å². The number of hydrogen-bond acceptors (Lipinski definition) is 5. The molecule has 5 rings (SSSR count). The number of H-pyrrole nitrogens is 1. The Hall–Kier alpha value is -1.77. The van der Waals surface area contributed by atoms with E-state index >= 15 is 0 Å². The lowest BCUT2D eigenvalue weighted by Crippen LogP contribution is -2.34. The van der Waals surface area contributed by atoms with E-state index in [2.05, 4.69) is 15.2 Å². The molecule has 3 fully saturated rings. The van der Waals surface area contributed by atoms with Gasteiger partial charge in [-0.25, -0.2) is 9.78 Å². The average molecular weight is 483 g/mol. The molecule has 0 unspecified atom stereocenters. The Labute approximate surface area is 194 Å². The van der Waals surface area contributed by atoms with Crippen LogP contribution in [-0.4, -0.2) is 46.1 Å². The van der Waals surface area contributed by atoms with E-state index in [1.54, 1.807) is 6.92 Å². The standard InChI is InChI=1S/C21H24Cl2N4O3S/c1-9-13(22)14(23)17(24-9)19(28)25-16-11-7-27(8-12(11)16)21-26-15(18(31-21)20(29)30)10-5-3-2-4-6-10/h10-12,16,24H,2-8H2,1H3,(H,25,28)(H,29,30)/t11-,12+,16+. The number of piperidine rings is 1. The molecule has 1 saturated heterocycles. The first-order chi connectivity index (χ1) is 14.8. The lowest BCUT2D eigenvalue weighted by molar-refractivity contribution is 0.0699. The van der Waals surface area contributed by atoms with Crippen molar-refractivity contribution in [1.82, 2.24) is 15.3 Å². The Bertz CT molecular complexity index is 1030. The van der Waals surface area contributed by atoms with Gasteiger partial charge in [-0.05, 0) is 19.8 Å². The van der Waals surface area contributed by atoms with Crippen LogP contribution in [0.4, 0.5) is 5.13 Å². The Morgan fingerprint density at radius 2 is 1.84 bits per heavy atom. The molecule has 2 aromatic rings. The van der Waals surface area contributed by atoms with Crippen molar-refractivity contribution in [3.8, 4) is 0 Å². The molecule has 3 aliphatic rings. The summed E-state index contributed by atoms with van der Waals surface area (Å²) in [5, 5.41) is 14.2. The number of carbonyl (C=O) groups excluding carboxylic acids is 1. The molecule has 2 aliphatic carbocycles. The summed E-state index contributed by atoms with van der Waals surface area (Å²) in [4.78, 5) is 34.7. The molecule has 0 aromatic carbocycles.